The van der Waals surface area contributed by atoms with Crippen LogP contribution >= 0.6 is 15.9 Å². The average Bonchev–Trinajstić information content (AvgIpc) is 2.48. The van der Waals surface area contributed by atoms with Gasteiger partial charge < -0.3 is 10.6 Å². The second kappa shape index (κ2) is 5.29. The third-order valence-electron chi connectivity index (χ3n) is 3.70. The lowest BCUT2D eigenvalue weighted by Crippen LogP contribution is -2.34. The van der Waals surface area contributed by atoms with E-state index in [-0.39, 0.29) is 6.04 Å². The van der Waals surface area contributed by atoms with Crippen molar-refractivity contribution < 1.29 is 0 Å². The maximum Gasteiger partial charge on any atom is 0.129 e. The first kappa shape index (κ1) is 13.2. The first-order chi connectivity index (χ1) is 9.66. The Kier molecular flexibility index (Phi) is 3.49. The van der Waals surface area contributed by atoms with Gasteiger partial charge in [0.15, 0.2) is 0 Å². The van der Waals surface area contributed by atoms with Crippen LogP contribution in [0.1, 0.15) is 24.1 Å². The molecule has 1 aliphatic rings. The molecule has 0 amide bonds. The SMILES string of the molecule is CC(c1ccc(Br)cc1)N1CN=C(N)c2ccccc21. The van der Waals surface area contributed by atoms with Crippen LogP contribution in [0.25, 0.3) is 0 Å². The molecule has 0 fully saturated rings. The van der Waals surface area contributed by atoms with Gasteiger partial charge in [0.25, 0.3) is 0 Å². The Morgan fingerprint density at radius 1 is 1.15 bits per heavy atom. The number of nitrogens with zero attached hydrogens (tertiary/aromatic N) is 2. The lowest BCUT2D eigenvalue weighted by molar-refractivity contribution is 0.674. The fourth-order valence-electron chi connectivity index (χ4n) is 2.51. The van der Waals surface area contributed by atoms with Gasteiger partial charge in [-0.3, -0.25) is 0 Å². The molecule has 3 nitrogen and oxygen atoms in total. The van der Waals surface area contributed by atoms with Crippen molar-refractivity contribution in [1.29, 1.82) is 0 Å². The number of anilines is 1. The first-order valence-corrected chi connectivity index (χ1v) is 7.37. The molecule has 0 radical (unpaired) electrons. The van der Waals surface area contributed by atoms with Gasteiger partial charge in [0.1, 0.15) is 12.5 Å². The van der Waals surface area contributed by atoms with Crippen LogP contribution < -0.4 is 10.6 Å². The smallest absolute Gasteiger partial charge is 0.129 e. The molecule has 1 heterocycles. The summed E-state index contributed by atoms with van der Waals surface area (Å²) < 4.78 is 1.09. The molecule has 3 rings (SSSR count). The molecule has 2 aromatic rings. The highest BCUT2D eigenvalue weighted by Gasteiger charge is 2.22. The van der Waals surface area contributed by atoms with E-state index >= 15 is 0 Å². The topological polar surface area (TPSA) is 41.6 Å². The zero-order valence-electron chi connectivity index (χ0n) is 11.3. The number of hydrogen-bond acceptors (Lipinski definition) is 3. The Labute approximate surface area is 127 Å². The quantitative estimate of drug-likeness (QED) is 0.912. The van der Waals surface area contributed by atoms with Crippen molar-refractivity contribution >= 4 is 27.5 Å². The Morgan fingerprint density at radius 2 is 1.85 bits per heavy atom. The van der Waals surface area contributed by atoms with Crippen molar-refractivity contribution in [2.45, 2.75) is 13.0 Å². The van der Waals surface area contributed by atoms with Gasteiger partial charge >= 0.3 is 0 Å². The number of benzene rings is 2. The molecule has 4 heteroatoms. The van der Waals surface area contributed by atoms with Crippen LogP contribution in [0.2, 0.25) is 0 Å². The Morgan fingerprint density at radius 3 is 2.60 bits per heavy atom. The number of amidine groups is 1. The van der Waals surface area contributed by atoms with Gasteiger partial charge in [0.2, 0.25) is 0 Å². The number of aliphatic imine (C=N–C) groups is 1. The monoisotopic (exact) mass is 329 g/mol. The summed E-state index contributed by atoms with van der Waals surface area (Å²) in [5.41, 5.74) is 9.41. The molecule has 2 N–H and O–H groups in total. The van der Waals surface area contributed by atoms with Gasteiger partial charge in [-0.05, 0) is 36.8 Å². The molecular weight excluding hydrogens is 314 g/mol. The lowest BCUT2D eigenvalue weighted by atomic mass is 10.0. The molecule has 0 saturated carbocycles. The van der Waals surface area contributed by atoms with Gasteiger partial charge in [-0.2, -0.15) is 0 Å². The molecule has 0 aromatic heterocycles. The van der Waals surface area contributed by atoms with E-state index < -0.39 is 0 Å². The number of rotatable bonds is 2. The van der Waals surface area contributed by atoms with Gasteiger partial charge in [0.05, 0.1) is 6.04 Å². The maximum atomic E-state index is 5.98. The summed E-state index contributed by atoms with van der Waals surface area (Å²) in [5.74, 6) is 0.625. The van der Waals surface area contributed by atoms with Crippen molar-refractivity contribution in [2.75, 3.05) is 11.6 Å². The number of nitrogens with two attached hydrogens (primary N) is 1. The summed E-state index contributed by atoms with van der Waals surface area (Å²) >= 11 is 3.47. The second-order valence-electron chi connectivity index (χ2n) is 4.90. The minimum atomic E-state index is 0.251. The van der Waals surface area contributed by atoms with Crippen molar-refractivity contribution in [3.8, 4) is 0 Å². The van der Waals surface area contributed by atoms with E-state index in [1.54, 1.807) is 0 Å². The van der Waals surface area contributed by atoms with Gasteiger partial charge in [0, 0.05) is 15.7 Å². The molecule has 1 unspecified atom stereocenters. The highest BCUT2D eigenvalue weighted by atomic mass is 79.9. The van der Waals surface area contributed by atoms with Gasteiger partial charge in [-0.15, -0.1) is 0 Å². The molecule has 20 heavy (non-hydrogen) atoms. The van der Waals surface area contributed by atoms with Crippen LogP contribution in [-0.4, -0.2) is 12.5 Å². The molecule has 0 bridgehead atoms. The number of para-hydroxylation sites is 1. The predicted octanol–water partition coefficient (Wildman–Crippen LogP) is 3.69. The first-order valence-electron chi connectivity index (χ1n) is 6.58. The predicted molar refractivity (Wildman–Crippen MR) is 87.1 cm³/mol. The standard InChI is InChI=1S/C16H16BrN3/c1-11(12-6-8-13(17)9-7-12)20-10-19-16(18)14-4-2-3-5-15(14)20/h2-9,11H,10H2,1H3,(H2,18,19). The Hall–Kier alpha value is -1.81. The third kappa shape index (κ3) is 2.31. The third-order valence-corrected chi connectivity index (χ3v) is 4.23. The van der Waals surface area contributed by atoms with Crippen molar-refractivity contribution in [1.82, 2.24) is 0 Å². The van der Waals surface area contributed by atoms with E-state index in [0.717, 1.165) is 15.7 Å². The van der Waals surface area contributed by atoms with Crippen molar-refractivity contribution in [3.05, 3.63) is 64.1 Å². The van der Waals surface area contributed by atoms with Gasteiger partial charge in [-0.25, -0.2) is 4.99 Å². The zero-order valence-corrected chi connectivity index (χ0v) is 12.8. The van der Waals surface area contributed by atoms with Crippen molar-refractivity contribution in [3.63, 3.8) is 0 Å². The highest BCUT2D eigenvalue weighted by molar-refractivity contribution is 9.10. The van der Waals surface area contributed by atoms with E-state index in [1.807, 2.05) is 18.2 Å². The zero-order chi connectivity index (χ0) is 14.1. The molecule has 1 aliphatic heterocycles. The maximum absolute atomic E-state index is 5.98. The highest BCUT2D eigenvalue weighted by Crippen LogP contribution is 2.32. The fraction of sp³-hybridized carbons (Fsp3) is 0.188. The molecule has 1 atom stereocenters. The second-order valence-corrected chi connectivity index (χ2v) is 5.81. The van der Waals surface area contributed by atoms with E-state index in [1.165, 1.54) is 5.56 Å². The summed E-state index contributed by atoms with van der Waals surface area (Å²) in [4.78, 5) is 6.70. The van der Waals surface area contributed by atoms with Crippen LogP contribution in [0.5, 0.6) is 0 Å². The normalized spacial score (nSPS) is 15.5. The fourth-order valence-corrected chi connectivity index (χ4v) is 2.77. The summed E-state index contributed by atoms with van der Waals surface area (Å²) in [5, 5.41) is 0. The summed E-state index contributed by atoms with van der Waals surface area (Å²) in [7, 11) is 0. The molecule has 102 valence electrons. The van der Waals surface area contributed by atoms with Crippen LogP contribution in [0, 0.1) is 0 Å². The van der Waals surface area contributed by atoms with Crippen LogP contribution in [0.4, 0.5) is 5.69 Å². The van der Waals surface area contributed by atoms with E-state index in [4.69, 9.17) is 5.73 Å². The largest absolute Gasteiger partial charge is 0.383 e. The van der Waals surface area contributed by atoms with Crippen LogP contribution in [0.3, 0.4) is 0 Å². The molecule has 0 spiro atoms. The Balaban J connectivity index is 1.97. The minimum absolute atomic E-state index is 0.251. The number of hydrogen-bond donors (Lipinski definition) is 1. The van der Waals surface area contributed by atoms with E-state index in [0.29, 0.717) is 12.5 Å². The van der Waals surface area contributed by atoms with Crippen molar-refractivity contribution in [2.24, 2.45) is 10.7 Å². The van der Waals surface area contributed by atoms with Crippen LogP contribution in [0.15, 0.2) is 58.0 Å². The minimum Gasteiger partial charge on any atom is -0.383 e. The summed E-state index contributed by atoms with van der Waals surface area (Å²) in [6.07, 6.45) is 0. The number of fused-ring (bicyclic) bond motifs is 1. The summed E-state index contributed by atoms with van der Waals surface area (Å²) in [6, 6.07) is 16.8. The lowest BCUT2D eigenvalue weighted by Gasteiger charge is -2.34. The summed E-state index contributed by atoms with van der Waals surface area (Å²) in [6.45, 7) is 2.79. The number of halogens is 1. The molecular formula is C16H16BrN3. The van der Waals surface area contributed by atoms with Crippen LogP contribution in [-0.2, 0) is 0 Å². The Bertz CT molecular complexity index is 649. The molecule has 2 aromatic carbocycles. The molecule has 0 aliphatic carbocycles. The molecule has 0 saturated heterocycles. The van der Waals surface area contributed by atoms with Gasteiger partial charge in [-0.1, -0.05) is 40.2 Å². The van der Waals surface area contributed by atoms with E-state index in [9.17, 15) is 0 Å². The van der Waals surface area contributed by atoms with E-state index in [2.05, 4.69) is 63.1 Å². The average molecular weight is 330 g/mol.